The van der Waals surface area contributed by atoms with Crippen molar-refractivity contribution in [1.29, 1.82) is 0 Å². The Morgan fingerprint density at radius 2 is 2.00 bits per heavy atom. The molecule has 3 nitrogen and oxygen atoms in total. The predicted molar refractivity (Wildman–Crippen MR) is 66.3 cm³/mol. The minimum absolute atomic E-state index is 0.00294. The van der Waals surface area contributed by atoms with Crippen molar-refractivity contribution in [2.75, 3.05) is 7.11 Å². The second kappa shape index (κ2) is 4.88. The number of carbonyl (C=O) groups is 1. The van der Waals surface area contributed by atoms with Crippen LogP contribution < -0.4 is 5.48 Å². The average molecular weight is 233 g/mol. The van der Waals surface area contributed by atoms with Gasteiger partial charge in [-0.15, -0.1) is 0 Å². The van der Waals surface area contributed by atoms with Crippen LogP contribution in [0.3, 0.4) is 0 Å². The van der Waals surface area contributed by atoms with E-state index >= 15 is 0 Å². The molecule has 0 aliphatic heterocycles. The van der Waals surface area contributed by atoms with Crippen LogP contribution in [0.1, 0.15) is 30.4 Å². The standard InChI is InChI=1S/C14H19NO2/c1-9-4-6-11(7-5-9)12-8-10(2)13(12)14(16)15-17-3/h4-7,10,12-13H,8H2,1-3H3,(H,15,16). The molecule has 1 saturated carbocycles. The summed E-state index contributed by atoms with van der Waals surface area (Å²) in [4.78, 5) is 16.6. The van der Waals surface area contributed by atoms with Gasteiger partial charge in [0, 0.05) is 5.92 Å². The Bertz CT molecular complexity index is 399. The van der Waals surface area contributed by atoms with Crippen LogP contribution in [-0.4, -0.2) is 13.0 Å². The van der Waals surface area contributed by atoms with Gasteiger partial charge in [0.15, 0.2) is 0 Å². The lowest BCUT2D eigenvalue weighted by Crippen LogP contribution is -2.44. The molecule has 0 radical (unpaired) electrons. The van der Waals surface area contributed by atoms with E-state index in [9.17, 15) is 4.79 Å². The number of amides is 1. The zero-order valence-corrected chi connectivity index (χ0v) is 10.6. The number of rotatable bonds is 3. The second-order valence-corrected chi connectivity index (χ2v) is 4.93. The van der Waals surface area contributed by atoms with E-state index in [1.165, 1.54) is 18.2 Å². The third-order valence-corrected chi connectivity index (χ3v) is 3.68. The lowest BCUT2D eigenvalue weighted by Gasteiger charge is -2.41. The maximum absolute atomic E-state index is 11.9. The highest BCUT2D eigenvalue weighted by molar-refractivity contribution is 5.80. The molecule has 1 fully saturated rings. The molecule has 3 unspecified atom stereocenters. The maximum Gasteiger partial charge on any atom is 0.247 e. The smallest absolute Gasteiger partial charge is 0.247 e. The van der Waals surface area contributed by atoms with Gasteiger partial charge in [-0.05, 0) is 30.7 Å². The zero-order chi connectivity index (χ0) is 12.4. The molecule has 1 aromatic carbocycles. The SMILES string of the molecule is CONC(=O)C1C(C)CC1c1ccc(C)cc1. The van der Waals surface area contributed by atoms with Crippen molar-refractivity contribution in [2.24, 2.45) is 11.8 Å². The van der Waals surface area contributed by atoms with Gasteiger partial charge in [-0.25, -0.2) is 5.48 Å². The monoisotopic (exact) mass is 233 g/mol. The summed E-state index contributed by atoms with van der Waals surface area (Å²) >= 11 is 0. The summed E-state index contributed by atoms with van der Waals surface area (Å²) in [5, 5.41) is 0. The fourth-order valence-electron chi connectivity index (χ4n) is 2.66. The van der Waals surface area contributed by atoms with E-state index in [1.807, 2.05) is 0 Å². The van der Waals surface area contributed by atoms with E-state index in [0.717, 1.165) is 6.42 Å². The second-order valence-electron chi connectivity index (χ2n) is 4.93. The Morgan fingerprint density at radius 1 is 1.35 bits per heavy atom. The quantitative estimate of drug-likeness (QED) is 0.814. The summed E-state index contributed by atoms with van der Waals surface area (Å²) in [5.41, 5.74) is 4.95. The van der Waals surface area contributed by atoms with Crippen molar-refractivity contribution in [3.8, 4) is 0 Å². The molecule has 92 valence electrons. The number of hydrogen-bond acceptors (Lipinski definition) is 2. The van der Waals surface area contributed by atoms with Gasteiger partial charge in [-0.3, -0.25) is 9.63 Å². The normalized spacial score (nSPS) is 27.4. The van der Waals surface area contributed by atoms with E-state index in [4.69, 9.17) is 4.84 Å². The summed E-state index contributed by atoms with van der Waals surface area (Å²) in [6.45, 7) is 4.19. The molecule has 1 aliphatic rings. The number of carbonyl (C=O) groups excluding carboxylic acids is 1. The first kappa shape index (κ1) is 12.1. The molecule has 0 heterocycles. The van der Waals surface area contributed by atoms with Crippen molar-refractivity contribution in [2.45, 2.75) is 26.2 Å². The van der Waals surface area contributed by atoms with E-state index in [1.54, 1.807) is 0 Å². The molecule has 0 spiro atoms. The topological polar surface area (TPSA) is 38.3 Å². The third kappa shape index (κ3) is 2.34. The molecule has 1 amide bonds. The number of benzene rings is 1. The molecule has 2 rings (SSSR count). The van der Waals surface area contributed by atoms with E-state index < -0.39 is 0 Å². The molecular formula is C14H19NO2. The summed E-state index contributed by atoms with van der Waals surface area (Å²) in [6.07, 6.45) is 1.07. The van der Waals surface area contributed by atoms with Crippen LogP contribution in [0.5, 0.6) is 0 Å². The van der Waals surface area contributed by atoms with Gasteiger partial charge in [0.2, 0.25) is 5.91 Å². The number of aryl methyl sites for hydroxylation is 1. The van der Waals surface area contributed by atoms with Gasteiger partial charge in [-0.1, -0.05) is 36.8 Å². The Morgan fingerprint density at radius 3 is 2.53 bits per heavy atom. The Labute approximate surface area is 102 Å². The first-order valence-electron chi connectivity index (χ1n) is 6.03. The molecule has 1 aromatic rings. The summed E-state index contributed by atoms with van der Waals surface area (Å²) in [5.74, 6) is 0.798. The Hall–Kier alpha value is -1.35. The Kier molecular flexibility index (Phi) is 3.48. The highest BCUT2D eigenvalue weighted by Crippen LogP contribution is 2.47. The fraction of sp³-hybridized carbons (Fsp3) is 0.500. The van der Waals surface area contributed by atoms with Crippen molar-refractivity contribution < 1.29 is 9.63 Å². The van der Waals surface area contributed by atoms with Crippen molar-refractivity contribution in [3.63, 3.8) is 0 Å². The van der Waals surface area contributed by atoms with Crippen LogP contribution >= 0.6 is 0 Å². The minimum atomic E-state index is -0.00294. The zero-order valence-electron chi connectivity index (χ0n) is 10.6. The fourth-order valence-corrected chi connectivity index (χ4v) is 2.66. The average Bonchev–Trinajstić information content (AvgIpc) is 2.27. The van der Waals surface area contributed by atoms with Gasteiger partial charge >= 0.3 is 0 Å². The van der Waals surface area contributed by atoms with E-state index in [0.29, 0.717) is 11.8 Å². The Balaban J connectivity index is 2.11. The highest BCUT2D eigenvalue weighted by Gasteiger charge is 2.43. The van der Waals surface area contributed by atoms with Gasteiger partial charge in [-0.2, -0.15) is 0 Å². The summed E-state index contributed by atoms with van der Waals surface area (Å²) < 4.78 is 0. The molecule has 0 bridgehead atoms. The van der Waals surface area contributed by atoms with Crippen LogP contribution in [-0.2, 0) is 9.63 Å². The van der Waals surface area contributed by atoms with Gasteiger partial charge in [0.1, 0.15) is 0 Å². The largest absolute Gasteiger partial charge is 0.277 e. The molecule has 1 N–H and O–H groups in total. The van der Waals surface area contributed by atoms with Crippen LogP contribution in [0.15, 0.2) is 24.3 Å². The minimum Gasteiger partial charge on any atom is -0.277 e. The van der Waals surface area contributed by atoms with Crippen LogP contribution in [0.4, 0.5) is 0 Å². The first-order chi connectivity index (χ1) is 8.13. The lowest BCUT2D eigenvalue weighted by molar-refractivity contribution is -0.142. The summed E-state index contributed by atoms with van der Waals surface area (Å²) in [6, 6.07) is 8.45. The van der Waals surface area contributed by atoms with Crippen molar-refractivity contribution >= 4 is 5.91 Å². The molecule has 3 heteroatoms. The molecule has 3 atom stereocenters. The molecule has 17 heavy (non-hydrogen) atoms. The van der Waals surface area contributed by atoms with Crippen LogP contribution in [0, 0.1) is 18.8 Å². The first-order valence-corrected chi connectivity index (χ1v) is 6.03. The van der Waals surface area contributed by atoms with Gasteiger partial charge in [0.05, 0.1) is 7.11 Å². The maximum atomic E-state index is 11.9. The van der Waals surface area contributed by atoms with Crippen LogP contribution in [0.25, 0.3) is 0 Å². The predicted octanol–water partition coefficient (Wildman–Crippen LogP) is 2.41. The molecular weight excluding hydrogens is 214 g/mol. The highest BCUT2D eigenvalue weighted by atomic mass is 16.6. The third-order valence-electron chi connectivity index (χ3n) is 3.68. The molecule has 0 aromatic heterocycles. The lowest BCUT2D eigenvalue weighted by atomic mass is 9.62. The van der Waals surface area contributed by atoms with Gasteiger partial charge in [0.25, 0.3) is 0 Å². The molecule has 0 saturated heterocycles. The van der Waals surface area contributed by atoms with Crippen molar-refractivity contribution in [1.82, 2.24) is 5.48 Å². The van der Waals surface area contributed by atoms with E-state index in [-0.39, 0.29) is 11.8 Å². The number of hydroxylamine groups is 1. The number of nitrogens with one attached hydrogen (secondary N) is 1. The molecule has 1 aliphatic carbocycles. The van der Waals surface area contributed by atoms with Crippen LogP contribution in [0.2, 0.25) is 0 Å². The number of hydrogen-bond donors (Lipinski definition) is 1. The van der Waals surface area contributed by atoms with Gasteiger partial charge < -0.3 is 0 Å². The van der Waals surface area contributed by atoms with E-state index in [2.05, 4.69) is 43.6 Å². The summed E-state index contributed by atoms with van der Waals surface area (Å²) in [7, 11) is 1.47. The van der Waals surface area contributed by atoms with Crippen molar-refractivity contribution in [3.05, 3.63) is 35.4 Å².